The van der Waals surface area contributed by atoms with E-state index >= 15 is 0 Å². The third kappa shape index (κ3) is 7.70. The summed E-state index contributed by atoms with van der Waals surface area (Å²) in [6.45, 7) is 5.90. The minimum Gasteiger partial charge on any atom is -0.486 e. The Balaban J connectivity index is 0.000000197. The van der Waals surface area contributed by atoms with Crippen molar-refractivity contribution in [3.63, 3.8) is 0 Å². The fourth-order valence-electron chi connectivity index (χ4n) is 6.43. The largest absolute Gasteiger partial charge is 0.486 e. The van der Waals surface area contributed by atoms with Gasteiger partial charge in [-0.2, -0.15) is 0 Å². The van der Waals surface area contributed by atoms with Crippen molar-refractivity contribution in [1.29, 1.82) is 0 Å². The van der Waals surface area contributed by atoms with E-state index in [1.807, 2.05) is 63.2 Å². The highest BCUT2D eigenvalue weighted by molar-refractivity contribution is 7.92. The number of ether oxygens (including phenoxy) is 1. The molecule has 8 nitrogen and oxygen atoms in total. The minimum absolute atomic E-state index is 0.0122. The van der Waals surface area contributed by atoms with Gasteiger partial charge in [-0.1, -0.05) is 96.6 Å². The number of Topliss-reactive ketones (excluding diaryl/α,β-unsaturated/α-hetero) is 1. The number of nitrogens with two attached hydrogens (primary N) is 1. The van der Waals surface area contributed by atoms with Gasteiger partial charge in [-0.15, -0.1) is 0 Å². The summed E-state index contributed by atoms with van der Waals surface area (Å²) in [6.07, 6.45) is 1.26. The molecule has 278 valence electrons. The molecule has 13 heteroatoms. The van der Waals surface area contributed by atoms with Crippen molar-refractivity contribution >= 4 is 90.3 Å². The molecule has 3 N–H and O–H groups in total. The molecule has 0 saturated carbocycles. The van der Waals surface area contributed by atoms with Gasteiger partial charge >= 0.3 is 0 Å². The van der Waals surface area contributed by atoms with Crippen LogP contribution in [0.2, 0.25) is 20.1 Å². The third-order valence-electron chi connectivity index (χ3n) is 9.27. The number of rotatable bonds is 9. The average Bonchev–Trinajstić information content (AvgIpc) is 3.66. The predicted molar refractivity (Wildman–Crippen MR) is 216 cm³/mol. The molecule has 0 saturated heterocycles. The Bertz CT molecular complexity index is 2540. The number of nitrogens with one attached hydrogen (secondary N) is 1. The molecular formula is C41H34Cl4N2O6S. The van der Waals surface area contributed by atoms with Crippen molar-refractivity contribution in [2.75, 3.05) is 10.5 Å². The monoisotopic (exact) mass is 822 g/mol. The van der Waals surface area contributed by atoms with E-state index in [1.54, 1.807) is 24.3 Å². The molecule has 0 amide bonds. The zero-order chi connectivity index (χ0) is 38.9. The van der Waals surface area contributed by atoms with Crippen molar-refractivity contribution in [3.05, 3.63) is 151 Å². The first-order valence-corrected chi connectivity index (χ1v) is 19.9. The van der Waals surface area contributed by atoms with Crippen LogP contribution >= 0.6 is 46.4 Å². The molecule has 6 aromatic rings. The molecular weight excluding hydrogens is 790 g/mol. The van der Waals surface area contributed by atoms with E-state index in [-0.39, 0.29) is 43.7 Å². The Kier molecular flexibility index (Phi) is 11.4. The highest BCUT2D eigenvalue weighted by Gasteiger charge is 2.48. The number of hydrogen-bond acceptors (Lipinski definition) is 7. The van der Waals surface area contributed by atoms with Crippen molar-refractivity contribution < 1.29 is 27.2 Å². The Morgan fingerprint density at radius 1 is 0.815 bits per heavy atom. The quantitative estimate of drug-likeness (QED) is 0.110. The molecule has 0 radical (unpaired) electrons. The minimum atomic E-state index is -3.99. The van der Waals surface area contributed by atoms with E-state index in [9.17, 15) is 18.0 Å². The van der Waals surface area contributed by atoms with E-state index in [2.05, 4.69) is 4.72 Å². The van der Waals surface area contributed by atoms with E-state index < -0.39 is 15.6 Å². The molecule has 2 heterocycles. The van der Waals surface area contributed by atoms with Gasteiger partial charge in [-0.3, -0.25) is 14.3 Å². The zero-order valence-electron chi connectivity index (χ0n) is 29.3. The molecule has 1 aromatic heterocycles. The van der Waals surface area contributed by atoms with Crippen molar-refractivity contribution in [1.82, 2.24) is 0 Å². The summed E-state index contributed by atoms with van der Waals surface area (Å²) >= 11 is 24.5. The van der Waals surface area contributed by atoms with Crippen LogP contribution in [0.4, 0.5) is 11.4 Å². The standard InChI is InChI=1S/C23H16Cl3NO4S.C18H18ClNO2/c1-2-19-22(16-5-3-4-6-20(16)31-19)23(28)15-9-8-14(12-17(15)25)27-32(29,30)21-10-7-13(24)11-18(21)26;1-3-18(2)16(13-6-4-5-7-15(13)22-18)17(21)12-9-8-11(20)10-14(12)19/h3-12,27H,2H2,1H3;4-10,16H,3,20H2,1-2H3. The van der Waals surface area contributed by atoms with Gasteiger partial charge in [0.25, 0.3) is 10.0 Å². The summed E-state index contributed by atoms with van der Waals surface area (Å²) in [5.74, 6) is 0.646. The first kappa shape index (κ1) is 39.2. The molecule has 0 fully saturated rings. The molecule has 0 bridgehead atoms. The number of aryl methyl sites for hydroxylation is 1. The maximum atomic E-state index is 13.3. The van der Waals surface area contributed by atoms with Crippen LogP contribution in [0.25, 0.3) is 11.0 Å². The number of sulfonamides is 1. The van der Waals surface area contributed by atoms with Gasteiger partial charge in [0.1, 0.15) is 27.6 Å². The number of fused-ring (bicyclic) bond motifs is 2. The van der Waals surface area contributed by atoms with Crippen LogP contribution in [-0.4, -0.2) is 25.6 Å². The second-order valence-electron chi connectivity index (χ2n) is 12.8. The summed E-state index contributed by atoms with van der Waals surface area (Å²) in [5.41, 5.74) is 8.60. The predicted octanol–water partition coefficient (Wildman–Crippen LogP) is 11.4. The SMILES string of the molecule is CCC1(C)Oc2ccccc2C1C(=O)c1ccc(N)cc1Cl.CCc1oc2ccccc2c1C(=O)c1ccc(NS(=O)(=O)c2ccc(Cl)cc2Cl)cc1Cl. The smallest absolute Gasteiger partial charge is 0.263 e. The van der Waals surface area contributed by atoms with Gasteiger partial charge in [0.2, 0.25) is 0 Å². The number of nitrogen functional groups attached to an aromatic ring is 1. The van der Waals surface area contributed by atoms with Crippen LogP contribution in [0.1, 0.15) is 70.7 Å². The number of ketones is 2. The Hall–Kier alpha value is -4.51. The molecule has 0 spiro atoms. The van der Waals surface area contributed by atoms with Crippen LogP contribution in [0.5, 0.6) is 5.75 Å². The fraction of sp³-hybridized carbons (Fsp3) is 0.171. The number of para-hydroxylation sites is 2. The van der Waals surface area contributed by atoms with Gasteiger partial charge in [0.15, 0.2) is 11.6 Å². The van der Waals surface area contributed by atoms with Gasteiger partial charge < -0.3 is 14.9 Å². The summed E-state index contributed by atoms with van der Waals surface area (Å²) in [4.78, 5) is 26.3. The summed E-state index contributed by atoms with van der Waals surface area (Å²) in [7, 11) is -3.99. The van der Waals surface area contributed by atoms with Gasteiger partial charge in [-0.25, -0.2) is 8.42 Å². The van der Waals surface area contributed by atoms with Gasteiger partial charge in [0, 0.05) is 39.2 Å². The summed E-state index contributed by atoms with van der Waals surface area (Å²) in [6, 6.07) is 28.4. The van der Waals surface area contributed by atoms with Crippen LogP contribution in [-0.2, 0) is 16.4 Å². The number of halogens is 4. The van der Waals surface area contributed by atoms with E-state index in [0.29, 0.717) is 50.0 Å². The second kappa shape index (κ2) is 15.7. The molecule has 54 heavy (non-hydrogen) atoms. The molecule has 1 aliphatic rings. The third-order valence-corrected chi connectivity index (χ3v) is 12.0. The Labute approximate surface area is 333 Å². The average molecular weight is 825 g/mol. The Morgan fingerprint density at radius 3 is 2.19 bits per heavy atom. The highest BCUT2D eigenvalue weighted by Crippen LogP contribution is 2.48. The van der Waals surface area contributed by atoms with Crippen molar-refractivity contribution in [2.24, 2.45) is 0 Å². The number of carbonyl (C=O) groups is 2. The van der Waals surface area contributed by atoms with Crippen LogP contribution < -0.4 is 15.2 Å². The normalized spacial score (nSPS) is 16.2. The highest BCUT2D eigenvalue weighted by atomic mass is 35.5. The van der Waals surface area contributed by atoms with Crippen LogP contribution in [0.15, 0.2) is 112 Å². The second-order valence-corrected chi connectivity index (χ2v) is 16.1. The lowest BCUT2D eigenvalue weighted by Gasteiger charge is -2.29. The summed E-state index contributed by atoms with van der Waals surface area (Å²) < 4.78 is 39.7. The molecule has 1 aliphatic heterocycles. The molecule has 2 unspecified atom stereocenters. The first-order chi connectivity index (χ1) is 25.7. The molecule has 5 aromatic carbocycles. The molecule has 7 rings (SSSR count). The lowest BCUT2D eigenvalue weighted by Crippen LogP contribution is -2.38. The Morgan fingerprint density at radius 2 is 1.50 bits per heavy atom. The molecule has 0 aliphatic carbocycles. The number of hydrogen-bond donors (Lipinski definition) is 2. The topological polar surface area (TPSA) is 129 Å². The zero-order valence-corrected chi connectivity index (χ0v) is 33.1. The maximum Gasteiger partial charge on any atom is 0.263 e. The lowest BCUT2D eigenvalue weighted by molar-refractivity contribution is 0.0639. The maximum absolute atomic E-state index is 13.3. The van der Waals surface area contributed by atoms with E-state index in [1.165, 1.54) is 36.4 Å². The number of carbonyl (C=O) groups excluding carboxylic acids is 2. The first-order valence-electron chi connectivity index (χ1n) is 16.9. The van der Waals surface area contributed by atoms with Crippen LogP contribution in [0.3, 0.4) is 0 Å². The van der Waals surface area contributed by atoms with E-state index in [0.717, 1.165) is 17.7 Å². The van der Waals surface area contributed by atoms with Crippen molar-refractivity contribution in [2.45, 2.75) is 50.0 Å². The van der Waals surface area contributed by atoms with Crippen LogP contribution in [0, 0.1) is 0 Å². The number of anilines is 2. The number of benzene rings is 5. The van der Waals surface area contributed by atoms with E-state index in [4.69, 9.17) is 61.3 Å². The number of furan rings is 1. The van der Waals surface area contributed by atoms with Gasteiger partial charge in [-0.05, 0) is 80.1 Å². The molecule has 2 atom stereocenters. The van der Waals surface area contributed by atoms with Crippen molar-refractivity contribution in [3.8, 4) is 5.75 Å². The summed E-state index contributed by atoms with van der Waals surface area (Å²) in [5, 5.41) is 1.49. The fourth-order valence-corrected chi connectivity index (χ4v) is 8.80. The van der Waals surface area contributed by atoms with Gasteiger partial charge in [0.05, 0.1) is 32.2 Å². The lowest BCUT2D eigenvalue weighted by atomic mass is 9.78.